The van der Waals surface area contributed by atoms with Crippen molar-refractivity contribution >= 4 is 11.7 Å². The average molecular weight is 239 g/mol. The zero-order chi connectivity index (χ0) is 12.7. The monoisotopic (exact) mass is 239 g/mol. The summed E-state index contributed by atoms with van der Waals surface area (Å²) in [7, 11) is 0. The lowest BCUT2D eigenvalue weighted by atomic mass is 10.3. The molecule has 0 saturated heterocycles. The smallest absolute Gasteiger partial charge is 0.328 e. The van der Waals surface area contributed by atoms with Crippen molar-refractivity contribution in [3.8, 4) is 5.75 Å². The minimum Gasteiger partial charge on any atom is -0.491 e. The van der Waals surface area contributed by atoms with Crippen LogP contribution >= 0.6 is 0 Å². The molecule has 0 amide bonds. The van der Waals surface area contributed by atoms with Crippen molar-refractivity contribution in [3.05, 3.63) is 36.2 Å². The van der Waals surface area contributed by atoms with E-state index in [4.69, 9.17) is 9.84 Å². The van der Waals surface area contributed by atoms with Crippen LogP contribution in [0.4, 0.5) is 10.1 Å². The molecular weight excluding hydrogens is 225 g/mol. The lowest BCUT2D eigenvalue weighted by Gasteiger charge is -2.07. The second-order valence-corrected chi connectivity index (χ2v) is 3.20. The molecule has 0 heterocycles. The molecule has 0 atom stereocenters. The van der Waals surface area contributed by atoms with Crippen LogP contribution in [0.3, 0.4) is 0 Å². The van der Waals surface area contributed by atoms with Crippen LogP contribution in [0.1, 0.15) is 6.92 Å². The summed E-state index contributed by atoms with van der Waals surface area (Å²) in [6.45, 7) is 2.51. The molecule has 1 rings (SSSR count). The first-order valence-corrected chi connectivity index (χ1v) is 5.19. The van der Waals surface area contributed by atoms with Crippen molar-refractivity contribution in [1.29, 1.82) is 0 Å². The van der Waals surface area contributed by atoms with Gasteiger partial charge in [0.1, 0.15) is 0 Å². The van der Waals surface area contributed by atoms with Crippen molar-refractivity contribution < 1.29 is 19.0 Å². The van der Waals surface area contributed by atoms with Crippen molar-refractivity contribution in [3.63, 3.8) is 0 Å². The van der Waals surface area contributed by atoms with E-state index < -0.39 is 11.8 Å². The van der Waals surface area contributed by atoms with Crippen molar-refractivity contribution in [2.45, 2.75) is 6.92 Å². The fourth-order valence-corrected chi connectivity index (χ4v) is 1.22. The summed E-state index contributed by atoms with van der Waals surface area (Å²) < 4.78 is 18.5. The third-order valence-electron chi connectivity index (χ3n) is 1.92. The maximum atomic E-state index is 13.4. The van der Waals surface area contributed by atoms with Gasteiger partial charge in [-0.2, -0.15) is 0 Å². The van der Waals surface area contributed by atoms with E-state index in [2.05, 4.69) is 5.32 Å². The van der Waals surface area contributed by atoms with Crippen molar-refractivity contribution in [2.75, 3.05) is 18.5 Å². The highest BCUT2D eigenvalue weighted by atomic mass is 19.1. The number of aliphatic carboxylic acids is 1. The number of hydrogen-bond donors (Lipinski definition) is 2. The number of carboxylic acids is 1. The Morgan fingerprint density at radius 3 is 2.94 bits per heavy atom. The Morgan fingerprint density at radius 2 is 2.35 bits per heavy atom. The average Bonchev–Trinajstić information content (AvgIpc) is 2.28. The minimum atomic E-state index is -1.01. The van der Waals surface area contributed by atoms with Gasteiger partial charge in [0.25, 0.3) is 0 Å². The van der Waals surface area contributed by atoms with Gasteiger partial charge in [0.2, 0.25) is 0 Å². The number of anilines is 1. The summed E-state index contributed by atoms with van der Waals surface area (Å²) in [5.41, 5.74) is 0.570. The van der Waals surface area contributed by atoms with Gasteiger partial charge < -0.3 is 15.2 Å². The maximum absolute atomic E-state index is 13.4. The summed E-state index contributed by atoms with van der Waals surface area (Å²) >= 11 is 0. The van der Waals surface area contributed by atoms with Gasteiger partial charge in [-0.15, -0.1) is 0 Å². The molecule has 0 spiro atoms. The second-order valence-electron chi connectivity index (χ2n) is 3.20. The Hall–Kier alpha value is -2.04. The van der Waals surface area contributed by atoms with Gasteiger partial charge in [-0.3, -0.25) is 0 Å². The van der Waals surface area contributed by atoms with E-state index in [-0.39, 0.29) is 5.75 Å². The molecule has 92 valence electrons. The van der Waals surface area contributed by atoms with Crippen LogP contribution in [-0.4, -0.2) is 24.2 Å². The zero-order valence-electron chi connectivity index (χ0n) is 9.44. The van der Waals surface area contributed by atoms with Crippen LogP contribution < -0.4 is 10.1 Å². The van der Waals surface area contributed by atoms with Crippen LogP contribution in [0, 0.1) is 5.82 Å². The normalized spacial score (nSPS) is 10.5. The molecule has 1 aromatic rings. The second kappa shape index (κ2) is 6.52. The number of ether oxygens (including phenoxy) is 1. The Morgan fingerprint density at radius 1 is 1.59 bits per heavy atom. The Balaban J connectivity index is 2.55. The number of carbonyl (C=O) groups is 1. The molecule has 0 aliphatic carbocycles. The lowest BCUT2D eigenvalue weighted by Crippen LogP contribution is -2.01. The third-order valence-corrected chi connectivity index (χ3v) is 1.92. The number of hydrogen-bond acceptors (Lipinski definition) is 3. The topological polar surface area (TPSA) is 58.6 Å². The fraction of sp³-hybridized carbons (Fsp3) is 0.250. The number of carboxylic acid groups (broad SMARTS) is 1. The Labute approximate surface area is 98.7 Å². The van der Waals surface area contributed by atoms with E-state index in [0.717, 1.165) is 6.08 Å². The number of benzene rings is 1. The molecule has 0 fully saturated rings. The highest BCUT2D eigenvalue weighted by Gasteiger charge is 2.03. The Kier molecular flexibility index (Phi) is 5.00. The van der Waals surface area contributed by atoms with E-state index in [1.54, 1.807) is 13.0 Å². The molecule has 17 heavy (non-hydrogen) atoms. The first-order valence-electron chi connectivity index (χ1n) is 5.19. The van der Waals surface area contributed by atoms with E-state index in [1.807, 2.05) is 0 Å². The predicted molar refractivity (Wildman–Crippen MR) is 62.8 cm³/mol. The summed E-state index contributed by atoms with van der Waals surface area (Å²) in [6, 6.07) is 4.50. The van der Waals surface area contributed by atoms with Gasteiger partial charge in [0.05, 0.1) is 6.61 Å². The minimum absolute atomic E-state index is 0.208. The third kappa shape index (κ3) is 4.55. The van der Waals surface area contributed by atoms with Gasteiger partial charge in [-0.05, 0) is 19.1 Å². The molecule has 0 aromatic heterocycles. The molecular formula is C12H14FNO3. The van der Waals surface area contributed by atoms with Crippen LogP contribution in [0.25, 0.3) is 0 Å². The number of nitrogens with one attached hydrogen (secondary N) is 1. The van der Waals surface area contributed by atoms with Crippen molar-refractivity contribution in [1.82, 2.24) is 0 Å². The zero-order valence-corrected chi connectivity index (χ0v) is 9.44. The first kappa shape index (κ1) is 13.0. The van der Waals surface area contributed by atoms with E-state index in [1.165, 1.54) is 18.2 Å². The molecule has 0 unspecified atom stereocenters. The highest BCUT2D eigenvalue weighted by molar-refractivity contribution is 5.79. The van der Waals surface area contributed by atoms with Crippen LogP contribution in [-0.2, 0) is 4.79 Å². The Bertz CT molecular complexity index is 418. The van der Waals surface area contributed by atoms with Gasteiger partial charge in [0.15, 0.2) is 11.6 Å². The molecule has 0 radical (unpaired) electrons. The first-order chi connectivity index (χ1) is 8.13. The van der Waals surface area contributed by atoms with Crippen LogP contribution in [0.2, 0.25) is 0 Å². The van der Waals surface area contributed by atoms with Crippen LogP contribution in [0.5, 0.6) is 5.75 Å². The van der Waals surface area contributed by atoms with Crippen molar-refractivity contribution in [2.24, 2.45) is 0 Å². The van der Waals surface area contributed by atoms with Gasteiger partial charge in [0, 0.05) is 24.4 Å². The fourth-order valence-electron chi connectivity index (χ4n) is 1.22. The molecule has 2 N–H and O–H groups in total. The predicted octanol–water partition coefficient (Wildman–Crippen LogP) is 2.28. The maximum Gasteiger partial charge on any atom is 0.328 e. The van der Waals surface area contributed by atoms with E-state index >= 15 is 0 Å². The quantitative estimate of drug-likeness (QED) is 0.748. The summed E-state index contributed by atoms with van der Waals surface area (Å²) in [6.07, 6.45) is 2.47. The summed E-state index contributed by atoms with van der Waals surface area (Å²) in [5.74, 6) is -1.25. The SMILES string of the molecule is CCOc1ccc(NC/C=C/C(=O)O)cc1F. The van der Waals surface area contributed by atoms with E-state index in [0.29, 0.717) is 18.8 Å². The molecule has 0 bridgehead atoms. The van der Waals surface area contributed by atoms with E-state index in [9.17, 15) is 9.18 Å². The molecule has 0 saturated carbocycles. The molecule has 5 heteroatoms. The standard InChI is InChI=1S/C12H14FNO3/c1-2-17-11-6-5-9(8-10(11)13)14-7-3-4-12(15)16/h3-6,8,14H,2,7H2,1H3,(H,15,16)/b4-3+. The molecule has 0 aliphatic heterocycles. The highest BCUT2D eigenvalue weighted by Crippen LogP contribution is 2.20. The number of rotatable bonds is 6. The lowest BCUT2D eigenvalue weighted by molar-refractivity contribution is -0.131. The molecule has 4 nitrogen and oxygen atoms in total. The molecule has 0 aliphatic rings. The van der Waals surface area contributed by atoms with Gasteiger partial charge in [-0.1, -0.05) is 6.08 Å². The molecule has 1 aromatic carbocycles. The summed E-state index contributed by atoms with van der Waals surface area (Å²) in [5, 5.41) is 11.2. The number of halogens is 1. The largest absolute Gasteiger partial charge is 0.491 e. The van der Waals surface area contributed by atoms with Gasteiger partial charge in [-0.25, -0.2) is 9.18 Å². The van der Waals surface area contributed by atoms with Gasteiger partial charge >= 0.3 is 5.97 Å². The van der Waals surface area contributed by atoms with Crippen LogP contribution in [0.15, 0.2) is 30.4 Å². The summed E-state index contributed by atoms with van der Waals surface area (Å²) in [4.78, 5) is 10.2.